The molecule has 0 radical (unpaired) electrons. The molecule has 0 fully saturated rings. The number of nitriles is 1. The van der Waals surface area contributed by atoms with Crippen molar-refractivity contribution in [1.29, 1.82) is 5.26 Å². The largest absolute Gasteiger partial charge is 0.496 e. The van der Waals surface area contributed by atoms with Gasteiger partial charge in [0.15, 0.2) is 0 Å². The zero-order chi connectivity index (χ0) is 14.8. The lowest BCUT2D eigenvalue weighted by molar-refractivity contribution is 0.410. The van der Waals surface area contributed by atoms with Crippen LogP contribution in [0.25, 0.3) is 0 Å². The molecule has 0 aliphatic heterocycles. The minimum atomic E-state index is -0.494. The molecule has 0 amide bonds. The van der Waals surface area contributed by atoms with E-state index in [1.807, 2.05) is 24.3 Å². The number of anilines is 1. The standard InChI is InChI=1S/C17H15FN2O/c1-21-17-7-2-4-11-12(17)8-9-16(11)20-15-6-3-5-14(18)13(15)10-19/h2-7,16,20H,8-9H2,1H3. The Morgan fingerprint density at radius 1 is 1.29 bits per heavy atom. The lowest BCUT2D eigenvalue weighted by Gasteiger charge is -2.17. The summed E-state index contributed by atoms with van der Waals surface area (Å²) < 4.78 is 19.0. The molecule has 1 aliphatic carbocycles. The second kappa shape index (κ2) is 5.45. The highest BCUT2D eigenvalue weighted by Gasteiger charge is 2.25. The van der Waals surface area contributed by atoms with Gasteiger partial charge in [-0.2, -0.15) is 5.26 Å². The van der Waals surface area contributed by atoms with Crippen LogP contribution in [0.4, 0.5) is 10.1 Å². The number of nitrogens with one attached hydrogen (secondary N) is 1. The van der Waals surface area contributed by atoms with E-state index in [-0.39, 0.29) is 11.6 Å². The van der Waals surface area contributed by atoms with Gasteiger partial charge in [-0.15, -0.1) is 0 Å². The van der Waals surface area contributed by atoms with E-state index in [0.717, 1.165) is 24.2 Å². The molecule has 0 saturated heterocycles. The number of methoxy groups -OCH3 is 1. The van der Waals surface area contributed by atoms with Gasteiger partial charge in [-0.1, -0.05) is 18.2 Å². The van der Waals surface area contributed by atoms with Crippen LogP contribution in [-0.2, 0) is 6.42 Å². The molecular weight excluding hydrogens is 267 g/mol. The van der Waals surface area contributed by atoms with Crippen LogP contribution in [0, 0.1) is 17.1 Å². The zero-order valence-electron chi connectivity index (χ0n) is 11.7. The van der Waals surface area contributed by atoms with Crippen LogP contribution in [-0.4, -0.2) is 7.11 Å². The van der Waals surface area contributed by atoms with Gasteiger partial charge in [0, 0.05) is 0 Å². The van der Waals surface area contributed by atoms with Gasteiger partial charge in [-0.3, -0.25) is 0 Å². The smallest absolute Gasteiger partial charge is 0.143 e. The maximum Gasteiger partial charge on any atom is 0.143 e. The van der Waals surface area contributed by atoms with Crippen LogP contribution in [0.5, 0.6) is 5.75 Å². The van der Waals surface area contributed by atoms with Gasteiger partial charge in [0.25, 0.3) is 0 Å². The Kier molecular flexibility index (Phi) is 3.49. The normalized spacial score (nSPS) is 16.1. The monoisotopic (exact) mass is 282 g/mol. The van der Waals surface area contributed by atoms with Gasteiger partial charge >= 0.3 is 0 Å². The molecule has 0 aromatic heterocycles. The van der Waals surface area contributed by atoms with Crippen LogP contribution in [0.2, 0.25) is 0 Å². The first-order valence-corrected chi connectivity index (χ1v) is 6.85. The molecule has 1 aliphatic rings. The Hall–Kier alpha value is -2.54. The molecule has 2 aromatic carbocycles. The molecule has 0 spiro atoms. The maximum absolute atomic E-state index is 13.7. The topological polar surface area (TPSA) is 45.0 Å². The first-order valence-electron chi connectivity index (χ1n) is 6.85. The third-order valence-corrected chi connectivity index (χ3v) is 3.90. The fraction of sp³-hybridized carbons (Fsp3) is 0.235. The SMILES string of the molecule is COc1cccc2c1CCC2Nc1cccc(F)c1C#N. The summed E-state index contributed by atoms with van der Waals surface area (Å²) in [7, 11) is 1.66. The van der Waals surface area contributed by atoms with E-state index < -0.39 is 5.82 Å². The zero-order valence-corrected chi connectivity index (χ0v) is 11.7. The van der Waals surface area contributed by atoms with Crippen molar-refractivity contribution in [3.63, 3.8) is 0 Å². The molecule has 2 aromatic rings. The summed E-state index contributed by atoms with van der Waals surface area (Å²) in [6, 6.07) is 12.6. The summed E-state index contributed by atoms with van der Waals surface area (Å²) in [4.78, 5) is 0. The molecule has 106 valence electrons. The average Bonchev–Trinajstić information content (AvgIpc) is 2.91. The number of hydrogen-bond acceptors (Lipinski definition) is 3. The lowest BCUT2D eigenvalue weighted by atomic mass is 10.1. The second-order valence-electron chi connectivity index (χ2n) is 5.04. The van der Waals surface area contributed by atoms with Crippen molar-refractivity contribution in [2.75, 3.05) is 12.4 Å². The minimum Gasteiger partial charge on any atom is -0.496 e. The van der Waals surface area contributed by atoms with Gasteiger partial charge < -0.3 is 10.1 Å². The summed E-state index contributed by atoms with van der Waals surface area (Å²) in [5.74, 6) is 0.392. The highest BCUT2D eigenvalue weighted by atomic mass is 19.1. The Morgan fingerprint density at radius 3 is 2.86 bits per heavy atom. The van der Waals surface area contributed by atoms with E-state index in [9.17, 15) is 4.39 Å². The molecular formula is C17H15FN2O. The summed E-state index contributed by atoms with van der Waals surface area (Å²) in [5.41, 5.74) is 2.95. The van der Waals surface area contributed by atoms with Crippen molar-refractivity contribution < 1.29 is 9.13 Å². The van der Waals surface area contributed by atoms with Gasteiger partial charge in [-0.25, -0.2) is 4.39 Å². The second-order valence-corrected chi connectivity index (χ2v) is 5.04. The van der Waals surface area contributed by atoms with E-state index in [4.69, 9.17) is 10.00 Å². The predicted octanol–water partition coefficient (Wildman–Crippen LogP) is 3.81. The number of ether oxygens (including phenoxy) is 1. The number of hydrogen-bond donors (Lipinski definition) is 1. The summed E-state index contributed by atoms with van der Waals surface area (Å²) in [6.45, 7) is 0. The van der Waals surface area contributed by atoms with Crippen molar-refractivity contribution >= 4 is 5.69 Å². The third-order valence-electron chi connectivity index (χ3n) is 3.90. The van der Waals surface area contributed by atoms with E-state index in [2.05, 4.69) is 5.32 Å². The van der Waals surface area contributed by atoms with E-state index in [0.29, 0.717) is 5.69 Å². The van der Waals surface area contributed by atoms with Crippen LogP contribution < -0.4 is 10.1 Å². The maximum atomic E-state index is 13.7. The Bertz CT molecular complexity index is 721. The van der Waals surface area contributed by atoms with Crippen molar-refractivity contribution in [1.82, 2.24) is 0 Å². The Morgan fingerprint density at radius 2 is 2.10 bits per heavy atom. The van der Waals surface area contributed by atoms with Crippen molar-refractivity contribution in [3.05, 3.63) is 58.9 Å². The van der Waals surface area contributed by atoms with E-state index in [1.54, 1.807) is 19.2 Å². The summed E-state index contributed by atoms with van der Waals surface area (Å²) >= 11 is 0. The van der Waals surface area contributed by atoms with Gasteiger partial charge in [0.2, 0.25) is 0 Å². The van der Waals surface area contributed by atoms with E-state index >= 15 is 0 Å². The molecule has 1 atom stereocenters. The molecule has 0 bridgehead atoms. The molecule has 3 rings (SSSR count). The van der Waals surface area contributed by atoms with Crippen LogP contribution in [0.1, 0.15) is 29.2 Å². The molecule has 3 nitrogen and oxygen atoms in total. The fourth-order valence-corrected chi connectivity index (χ4v) is 2.91. The highest BCUT2D eigenvalue weighted by Crippen LogP contribution is 2.39. The number of halogens is 1. The van der Waals surface area contributed by atoms with Crippen molar-refractivity contribution in [3.8, 4) is 11.8 Å². The average molecular weight is 282 g/mol. The summed E-state index contributed by atoms with van der Waals surface area (Å²) in [5, 5.41) is 12.4. The van der Waals surface area contributed by atoms with Gasteiger partial charge in [0.05, 0.1) is 18.8 Å². The number of rotatable bonds is 3. The minimum absolute atomic E-state index is 0.0637. The summed E-state index contributed by atoms with van der Waals surface area (Å²) in [6.07, 6.45) is 1.81. The molecule has 21 heavy (non-hydrogen) atoms. The molecule has 1 N–H and O–H groups in total. The number of fused-ring (bicyclic) bond motifs is 1. The van der Waals surface area contributed by atoms with Crippen LogP contribution in [0.15, 0.2) is 36.4 Å². The number of benzene rings is 2. The van der Waals surface area contributed by atoms with Crippen molar-refractivity contribution in [2.24, 2.45) is 0 Å². The molecule has 4 heteroatoms. The van der Waals surface area contributed by atoms with Crippen LogP contribution >= 0.6 is 0 Å². The first kappa shape index (κ1) is 13.4. The first-order chi connectivity index (χ1) is 10.2. The van der Waals surface area contributed by atoms with Crippen molar-refractivity contribution in [2.45, 2.75) is 18.9 Å². The molecule has 0 saturated carbocycles. The number of nitrogens with zero attached hydrogens (tertiary/aromatic N) is 1. The van der Waals surface area contributed by atoms with Gasteiger partial charge in [0.1, 0.15) is 23.2 Å². The van der Waals surface area contributed by atoms with E-state index in [1.165, 1.54) is 11.6 Å². The van der Waals surface area contributed by atoms with Crippen LogP contribution in [0.3, 0.4) is 0 Å². The lowest BCUT2D eigenvalue weighted by Crippen LogP contribution is -2.09. The fourth-order valence-electron chi connectivity index (χ4n) is 2.91. The predicted molar refractivity (Wildman–Crippen MR) is 78.8 cm³/mol. The highest BCUT2D eigenvalue weighted by molar-refractivity contribution is 5.60. The quantitative estimate of drug-likeness (QED) is 0.931. The van der Waals surface area contributed by atoms with Gasteiger partial charge in [-0.05, 0) is 42.2 Å². The molecule has 0 heterocycles. The third kappa shape index (κ3) is 2.31. The molecule has 1 unspecified atom stereocenters. The Balaban J connectivity index is 1.94. The Labute approximate surface area is 123 Å².